The summed E-state index contributed by atoms with van der Waals surface area (Å²) in [4.78, 5) is 0. The van der Waals surface area contributed by atoms with Crippen LogP contribution >= 0.6 is 0 Å². The van der Waals surface area contributed by atoms with E-state index in [1.54, 1.807) is 13.0 Å². The van der Waals surface area contributed by atoms with Crippen molar-refractivity contribution >= 4 is 0 Å². The van der Waals surface area contributed by atoms with Crippen molar-refractivity contribution in [1.82, 2.24) is 0 Å². The molecule has 2 atom stereocenters. The van der Waals surface area contributed by atoms with Crippen molar-refractivity contribution < 1.29 is 13.2 Å². The summed E-state index contributed by atoms with van der Waals surface area (Å²) >= 11 is 0. The molecule has 1 nitrogen and oxygen atoms in total. The topological polar surface area (TPSA) is 26.0 Å². The van der Waals surface area contributed by atoms with Crippen molar-refractivity contribution in [2.24, 2.45) is 5.73 Å². The van der Waals surface area contributed by atoms with Crippen LogP contribution in [-0.4, -0.2) is 6.43 Å². The van der Waals surface area contributed by atoms with Gasteiger partial charge in [0.2, 0.25) is 0 Å². The Labute approximate surface area is 80.7 Å². The molecule has 0 spiro atoms. The molecule has 1 aromatic rings. The number of halogens is 3. The van der Waals surface area contributed by atoms with Gasteiger partial charge in [0.15, 0.2) is 6.17 Å². The standard InChI is InChI=1S/C10H12F3N/c1-6(14)7-3-2-4-8(5-7)9(11)10(12)13/h2-6,9-10H,14H2,1H3. The van der Waals surface area contributed by atoms with Gasteiger partial charge in [-0.05, 0) is 18.1 Å². The SMILES string of the molecule is CC(N)c1cccc(C(F)C(F)F)c1. The second-order valence-corrected chi connectivity index (χ2v) is 3.20. The Hall–Kier alpha value is -1.03. The molecule has 4 heteroatoms. The van der Waals surface area contributed by atoms with Crippen LogP contribution in [-0.2, 0) is 0 Å². The monoisotopic (exact) mass is 203 g/mol. The van der Waals surface area contributed by atoms with Gasteiger partial charge in [-0.2, -0.15) is 0 Å². The van der Waals surface area contributed by atoms with Gasteiger partial charge in [0, 0.05) is 6.04 Å². The second kappa shape index (κ2) is 4.46. The number of alkyl halides is 3. The summed E-state index contributed by atoms with van der Waals surface area (Å²) in [6.45, 7) is 1.72. The van der Waals surface area contributed by atoms with Gasteiger partial charge in [-0.3, -0.25) is 0 Å². The van der Waals surface area contributed by atoms with Crippen LogP contribution in [0.3, 0.4) is 0 Å². The number of hydrogen-bond donors (Lipinski definition) is 1. The lowest BCUT2D eigenvalue weighted by molar-refractivity contribution is 0.0495. The van der Waals surface area contributed by atoms with Gasteiger partial charge < -0.3 is 5.73 Å². The summed E-state index contributed by atoms with van der Waals surface area (Å²) in [5, 5.41) is 0. The van der Waals surface area contributed by atoms with E-state index in [0.717, 1.165) is 0 Å². The van der Waals surface area contributed by atoms with E-state index in [9.17, 15) is 13.2 Å². The van der Waals surface area contributed by atoms with Gasteiger partial charge in [0.25, 0.3) is 6.43 Å². The number of hydrogen-bond acceptors (Lipinski definition) is 1. The molecule has 78 valence electrons. The van der Waals surface area contributed by atoms with E-state index in [0.29, 0.717) is 5.56 Å². The van der Waals surface area contributed by atoms with Gasteiger partial charge in [-0.15, -0.1) is 0 Å². The van der Waals surface area contributed by atoms with E-state index in [1.807, 2.05) is 0 Å². The number of rotatable bonds is 3. The van der Waals surface area contributed by atoms with E-state index < -0.39 is 12.6 Å². The highest BCUT2D eigenvalue weighted by Gasteiger charge is 2.21. The third-order valence-corrected chi connectivity index (χ3v) is 1.98. The highest BCUT2D eigenvalue weighted by atomic mass is 19.3. The lowest BCUT2D eigenvalue weighted by Gasteiger charge is -2.10. The molecule has 0 aliphatic carbocycles. The number of benzene rings is 1. The molecular weight excluding hydrogens is 191 g/mol. The van der Waals surface area contributed by atoms with Crippen LogP contribution in [0.5, 0.6) is 0 Å². The molecule has 2 unspecified atom stereocenters. The predicted octanol–water partition coefficient (Wildman–Crippen LogP) is 2.98. The third-order valence-electron chi connectivity index (χ3n) is 1.98. The van der Waals surface area contributed by atoms with E-state index in [-0.39, 0.29) is 11.6 Å². The number of nitrogens with two attached hydrogens (primary N) is 1. The normalized spacial score (nSPS) is 15.6. The van der Waals surface area contributed by atoms with Crippen LogP contribution in [0.2, 0.25) is 0 Å². The summed E-state index contributed by atoms with van der Waals surface area (Å²) in [5.41, 5.74) is 6.19. The first-order valence-electron chi connectivity index (χ1n) is 4.30. The maximum Gasteiger partial charge on any atom is 0.273 e. The molecule has 0 radical (unpaired) electrons. The molecule has 0 aromatic heterocycles. The Morgan fingerprint density at radius 1 is 1.14 bits per heavy atom. The van der Waals surface area contributed by atoms with E-state index >= 15 is 0 Å². The van der Waals surface area contributed by atoms with Gasteiger partial charge in [-0.25, -0.2) is 13.2 Å². The molecule has 0 saturated heterocycles. The van der Waals surface area contributed by atoms with Crippen LogP contribution in [0.1, 0.15) is 30.3 Å². The molecule has 14 heavy (non-hydrogen) atoms. The molecule has 0 fully saturated rings. The minimum absolute atomic E-state index is 0.0187. The first-order chi connectivity index (χ1) is 6.52. The van der Waals surface area contributed by atoms with Gasteiger partial charge >= 0.3 is 0 Å². The van der Waals surface area contributed by atoms with Crippen molar-refractivity contribution in [2.75, 3.05) is 0 Å². The third kappa shape index (κ3) is 2.48. The first kappa shape index (κ1) is 11.0. The second-order valence-electron chi connectivity index (χ2n) is 3.20. The molecule has 0 bridgehead atoms. The van der Waals surface area contributed by atoms with Crippen LogP contribution < -0.4 is 5.73 Å². The van der Waals surface area contributed by atoms with Gasteiger partial charge in [0.1, 0.15) is 0 Å². The predicted molar refractivity (Wildman–Crippen MR) is 48.9 cm³/mol. The Morgan fingerprint density at radius 2 is 1.71 bits per heavy atom. The average Bonchev–Trinajstić information content (AvgIpc) is 2.16. The van der Waals surface area contributed by atoms with Crippen molar-refractivity contribution in [3.63, 3.8) is 0 Å². The minimum atomic E-state index is -2.99. The Morgan fingerprint density at radius 3 is 2.21 bits per heavy atom. The fourth-order valence-electron chi connectivity index (χ4n) is 1.16. The summed E-state index contributed by atoms with van der Waals surface area (Å²) < 4.78 is 37.0. The van der Waals surface area contributed by atoms with Crippen molar-refractivity contribution in [3.05, 3.63) is 35.4 Å². The summed E-state index contributed by atoms with van der Waals surface area (Å²) in [6.07, 6.45) is -5.22. The Bertz CT molecular complexity index is 299. The first-order valence-corrected chi connectivity index (χ1v) is 4.30. The maximum absolute atomic E-state index is 12.9. The minimum Gasteiger partial charge on any atom is -0.324 e. The van der Waals surface area contributed by atoms with E-state index in [2.05, 4.69) is 0 Å². The summed E-state index contributed by atoms with van der Waals surface area (Å²) in [5.74, 6) is 0. The summed E-state index contributed by atoms with van der Waals surface area (Å²) in [6, 6.07) is 5.65. The summed E-state index contributed by atoms with van der Waals surface area (Å²) in [7, 11) is 0. The zero-order valence-electron chi connectivity index (χ0n) is 7.75. The van der Waals surface area contributed by atoms with Crippen LogP contribution in [0.4, 0.5) is 13.2 Å². The zero-order valence-corrected chi connectivity index (χ0v) is 7.75. The molecule has 0 saturated carbocycles. The Kier molecular flexibility index (Phi) is 3.52. The highest BCUT2D eigenvalue weighted by Crippen LogP contribution is 2.26. The van der Waals surface area contributed by atoms with Gasteiger partial charge in [0.05, 0.1) is 0 Å². The molecule has 0 heterocycles. The van der Waals surface area contributed by atoms with Gasteiger partial charge in [-0.1, -0.05) is 24.3 Å². The molecule has 1 aromatic carbocycles. The lowest BCUT2D eigenvalue weighted by atomic mass is 10.0. The van der Waals surface area contributed by atoms with Crippen LogP contribution in [0.15, 0.2) is 24.3 Å². The van der Waals surface area contributed by atoms with Crippen molar-refractivity contribution in [3.8, 4) is 0 Å². The molecule has 0 amide bonds. The quantitative estimate of drug-likeness (QED) is 0.802. The smallest absolute Gasteiger partial charge is 0.273 e. The molecule has 0 aliphatic rings. The molecule has 2 N–H and O–H groups in total. The maximum atomic E-state index is 12.9. The van der Waals surface area contributed by atoms with Crippen LogP contribution in [0.25, 0.3) is 0 Å². The molecular formula is C10H12F3N. The average molecular weight is 203 g/mol. The molecule has 1 rings (SSSR count). The fraction of sp³-hybridized carbons (Fsp3) is 0.400. The van der Waals surface area contributed by atoms with E-state index in [1.165, 1.54) is 18.2 Å². The Balaban J connectivity index is 2.93. The van der Waals surface area contributed by atoms with Crippen molar-refractivity contribution in [2.45, 2.75) is 25.6 Å². The highest BCUT2D eigenvalue weighted by molar-refractivity contribution is 5.27. The molecule has 0 aliphatic heterocycles. The fourth-order valence-corrected chi connectivity index (χ4v) is 1.16. The van der Waals surface area contributed by atoms with Crippen molar-refractivity contribution in [1.29, 1.82) is 0 Å². The van der Waals surface area contributed by atoms with Crippen LogP contribution in [0, 0.1) is 0 Å². The lowest BCUT2D eigenvalue weighted by Crippen LogP contribution is -2.08. The largest absolute Gasteiger partial charge is 0.324 e. The van der Waals surface area contributed by atoms with E-state index in [4.69, 9.17) is 5.73 Å². The zero-order chi connectivity index (χ0) is 10.7.